The van der Waals surface area contributed by atoms with E-state index >= 15 is 0 Å². The molecule has 0 amide bonds. The van der Waals surface area contributed by atoms with E-state index in [1.54, 1.807) is 24.3 Å². The molecule has 0 spiro atoms. The second kappa shape index (κ2) is 6.69. The predicted molar refractivity (Wildman–Crippen MR) is 70.7 cm³/mol. The third kappa shape index (κ3) is 4.35. The molecule has 1 rings (SSSR count). The summed E-state index contributed by atoms with van der Waals surface area (Å²) in [5.74, 6) is -0.0274. The molecule has 0 radical (unpaired) electrons. The number of hydrogen-bond acceptors (Lipinski definition) is 2. The van der Waals surface area contributed by atoms with Crippen LogP contribution in [0.5, 0.6) is 0 Å². The van der Waals surface area contributed by atoms with E-state index in [1.807, 2.05) is 19.0 Å². The molecule has 0 aromatic heterocycles. The normalized spacial score (nSPS) is 9.75. The van der Waals surface area contributed by atoms with Gasteiger partial charge in [-0.25, -0.2) is 0 Å². The lowest BCUT2D eigenvalue weighted by Gasteiger charge is -2.11. The minimum absolute atomic E-state index is 0. The molecule has 88 valence electrons. The highest BCUT2D eigenvalue weighted by atomic mass is 35.5. The molecule has 0 N–H and O–H groups in total. The fourth-order valence-corrected chi connectivity index (χ4v) is 1.38. The van der Waals surface area contributed by atoms with Crippen LogP contribution in [0.15, 0.2) is 36.4 Å². The number of carbonyl (C=O) groups excluding carboxylic acids is 1. The molecule has 1 aromatic rings. The summed E-state index contributed by atoms with van der Waals surface area (Å²) < 4.78 is 0. The molecule has 4 heteroatoms. The lowest BCUT2D eigenvalue weighted by atomic mass is 10.0. The Morgan fingerprint density at radius 3 is 2.25 bits per heavy atom. The van der Waals surface area contributed by atoms with Crippen LogP contribution in [0.4, 0.5) is 0 Å². The molecule has 16 heavy (non-hydrogen) atoms. The number of Topliss-reactive ketones (excluding diaryl/α,β-unsaturated/α-hetero) is 1. The van der Waals surface area contributed by atoms with Crippen LogP contribution in [0.1, 0.15) is 10.4 Å². The molecule has 0 aliphatic heterocycles. The minimum Gasteiger partial charge on any atom is -0.305 e. The number of halogens is 2. The third-order valence-electron chi connectivity index (χ3n) is 1.93. The van der Waals surface area contributed by atoms with E-state index in [0.29, 0.717) is 22.7 Å². The van der Waals surface area contributed by atoms with Crippen molar-refractivity contribution in [3.63, 3.8) is 0 Å². The molecular weight excluding hydrogens is 245 g/mol. The summed E-state index contributed by atoms with van der Waals surface area (Å²) in [6.07, 6.45) is 0. The van der Waals surface area contributed by atoms with Gasteiger partial charge in [-0.15, -0.1) is 12.4 Å². The molecule has 0 aliphatic carbocycles. The van der Waals surface area contributed by atoms with Gasteiger partial charge in [0.25, 0.3) is 0 Å². The first-order valence-corrected chi connectivity index (χ1v) is 5.01. The average Bonchev–Trinajstić information content (AvgIpc) is 2.17. The van der Waals surface area contributed by atoms with Crippen LogP contribution in [-0.4, -0.2) is 31.3 Å². The Hall–Kier alpha value is -0.830. The van der Waals surface area contributed by atoms with E-state index in [1.165, 1.54) is 0 Å². The maximum absolute atomic E-state index is 11.8. The molecule has 0 heterocycles. The van der Waals surface area contributed by atoms with Gasteiger partial charge in [-0.3, -0.25) is 4.79 Å². The molecular formula is C12H15Cl2NO. The van der Waals surface area contributed by atoms with E-state index in [2.05, 4.69) is 6.58 Å². The fourth-order valence-electron chi connectivity index (χ4n) is 1.26. The van der Waals surface area contributed by atoms with Crippen molar-refractivity contribution in [2.24, 2.45) is 0 Å². The van der Waals surface area contributed by atoms with Gasteiger partial charge < -0.3 is 4.90 Å². The zero-order valence-electron chi connectivity index (χ0n) is 9.37. The lowest BCUT2D eigenvalue weighted by molar-refractivity contribution is 0.102. The predicted octanol–water partition coefficient (Wildman–Crippen LogP) is 3.06. The number of rotatable bonds is 4. The number of nitrogens with zero attached hydrogens (tertiary/aromatic N) is 1. The van der Waals surface area contributed by atoms with E-state index in [-0.39, 0.29) is 18.2 Å². The van der Waals surface area contributed by atoms with Gasteiger partial charge in [-0.1, -0.05) is 18.2 Å². The monoisotopic (exact) mass is 259 g/mol. The summed E-state index contributed by atoms with van der Waals surface area (Å²) in [6.45, 7) is 4.34. The van der Waals surface area contributed by atoms with Gasteiger partial charge in [0.15, 0.2) is 5.78 Å². The van der Waals surface area contributed by atoms with Crippen molar-refractivity contribution < 1.29 is 4.79 Å². The van der Waals surface area contributed by atoms with Gasteiger partial charge in [0, 0.05) is 22.7 Å². The van der Waals surface area contributed by atoms with Gasteiger partial charge in [0.2, 0.25) is 0 Å². The molecule has 2 nitrogen and oxygen atoms in total. The smallest absolute Gasteiger partial charge is 0.189 e. The Labute approximate surface area is 107 Å². The van der Waals surface area contributed by atoms with E-state index < -0.39 is 0 Å². The van der Waals surface area contributed by atoms with Crippen LogP contribution in [0.3, 0.4) is 0 Å². The van der Waals surface area contributed by atoms with Gasteiger partial charge >= 0.3 is 0 Å². The second-order valence-corrected chi connectivity index (χ2v) is 4.11. The number of ketones is 1. The number of likely N-dealkylation sites (N-methyl/N-ethyl adjacent to an activating group) is 1. The first-order valence-electron chi connectivity index (χ1n) is 4.63. The molecule has 0 bridgehead atoms. The summed E-state index contributed by atoms with van der Waals surface area (Å²) in [4.78, 5) is 13.7. The maximum atomic E-state index is 11.8. The molecule has 0 atom stereocenters. The minimum atomic E-state index is -0.0274. The summed E-state index contributed by atoms with van der Waals surface area (Å²) >= 11 is 5.74. The largest absolute Gasteiger partial charge is 0.305 e. The van der Waals surface area contributed by atoms with Crippen molar-refractivity contribution in [2.75, 3.05) is 20.6 Å². The molecule has 0 aliphatic rings. The topological polar surface area (TPSA) is 20.3 Å². The zero-order chi connectivity index (χ0) is 11.4. The van der Waals surface area contributed by atoms with Crippen molar-refractivity contribution in [2.45, 2.75) is 0 Å². The second-order valence-electron chi connectivity index (χ2n) is 3.68. The van der Waals surface area contributed by atoms with Crippen molar-refractivity contribution in [1.82, 2.24) is 4.90 Å². The molecule has 0 saturated heterocycles. The van der Waals surface area contributed by atoms with Gasteiger partial charge in [-0.05, 0) is 38.4 Å². The Bertz CT molecular complexity index is 371. The number of hydrogen-bond donors (Lipinski definition) is 0. The van der Waals surface area contributed by atoms with Crippen molar-refractivity contribution in [3.8, 4) is 0 Å². The number of carbonyl (C=O) groups is 1. The van der Waals surface area contributed by atoms with E-state index in [0.717, 1.165) is 0 Å². The molecule has 1 aromatic carbocycles. The summed E-state index contributed by atoms with van der Waals surface area (Å²) in [5.41, 5.74) is 1.22. The van der Waals surface area contributed by atoms with Crippen LogP contribution >= 0.6 is 24.0 Å². The fraction of sp³-hybridized carbons (Fsp3) is 0.250. The quantitative estimate of drug-likeness (QED) is 0.612. The highest BCUT2D eigenvalue weighted by molar-refractivity contribution is 6.30. The standard InChI is InChI=1S/C12H14ClNO.ClH/c1-9(8-14(2)3)12(15)10-4-6-11(13)7-5-10;/h4-7H,1,8H2,2-3H3;1H. The van der Waals surface area contributed by atoms with Crippen LogP contribution in [0, 0.1) is 0 Å². The summed E-state index contributed by atoms with van der Waals surface area (Å²) in [5, 5.41) is 0.629. The molecule has 0 unspecified atom stereocenters. The Balaban J connectivity index is 0.00000225. The molecule has 0 fully saturated rings. The van der Waals surface area contributed by atoms with Gasteiger partial charge in [-0.2, -0.15) is 0 Å². The first-order chi connectivity index (χ1) is 7.00. The summed E-state index contributed by atoms with van der Waals surface area (Å²) in [7, 11) is 3.81. The van der Waals surface area contributed by atoms with Crippen molar-refractivity contribution >= 4 is 29.8 Å². The van der Waals surface area contributed by atoms with Gasteiger partial charge in [0.05, 0.1) is 0 Å². The maximum Gasteiger partial charge on any atom is 0.189 e. The SMILES string of the molecule is C=C(CN(C)C)C(=O)c1ccc(Cl)cc1.Cl. The number of benzene rings is 1. The van der Waals surface area contributed by atoms with Crippen LogP contribution in [0.2, 0.25) is 5.02 Å². The average molecular weight is 260 g/mol. The molecule has 0 saturated carbocycles. The first kappa shape index (κ1) is 15.2. The highest BCUT2D eigenvalue weighted by Crippen LogP contribution is 2.12. The van der Waals surface area contributed by atoms with Crippen molar-refractivity contribution in [3.05, 3.63) is 47.0 Å². The van der Waals surface area contributed by atoms with Crippen LogP contribution in [-0.2, 0) is 0 Å². The Morgan fingerprint density at radius 1 is 1.31 bits per heavy atom. The van der Waals surface area contributed by atoms with E-state index in [4.69, 9.17) is 11.6 Å². The Morgan fingerprint density at radius 2 is 1.81 bits per heavy atom. The van der Waals surface area contributed by atoms with Crippen LogP contribution < -0.4 is 0 Å². The lowest BCUT2D eigenvalue weighted by Crippen LogP contribution is -2.19. The highest BCUT2D eigenvalue weighted by Gasteiger charge is 2.10. The summed E-state index contributed by atoms with van der Waals surface area (Å²) in [6, 6.07) is 6.84. The van der Waals surface area contributed by atoms with E-state index in [9.17, 15) is 4.79 Å². The Kier molecular flexibility index (Phi) is 6.34. The van der Waals surface area contributed by atoms with Crippen LogP contribution in [0.25, 0.3) is 0 Å². The zero-order valence-corrected chi connectivity index (χ0v) is 10.9. The van der Waals surface area contributed by atoms with Gasteiger partial charge in [0.1, 0.15) is 0 Å². The van der Waals surface area contributed by atoms with Crippen molar-refractivity contribution in [1.29, 1.82) is 0 Å². The third-order valence-corrected chi connectivity index (χ3v) is 2.19.